The molecule has 1 rings (SSSR count). The number of piperidine rings is 1. The average molecular weight is 270 g/mol. The van der Waals surface area contributed by atoms with Gasteiger partial charge in [-0.15, -0.1) is 0 Å². The summed E-state index contributed by atoms with van der Waals surface area (Å²) < 4.78 is 0. The van der Waals surface area contributed by atoms with E-state index in [-0.39, 0.29) is 11.8 Å². The standard InChI is InChI=1S/C14H26N2O3/c1-3-10(2)13(14(18)19)16-12(17)7-6-11-5-4-8-15-9-11/h10-11,13,15H,3-9H2,1-2H3,(H,16,17)(H,18,19)/t10?,11?,13-/m0/s1. The molecule has 110 valence electrons. The van der Waals surface area contributed by atoms with Gasteiger partial charge in [0.05, 0.1) is 0 Å². The Labute approximate surface area is 115 Å². The van der Waals surface area contributed by atoms with Crippen molar-refractivity contribution in [3.8, 4) is 0 Å². The molecule has 0 aromatic rings. The van der Waals surface area contributed by atoms with Gasteiger partial charge in [0.2, 0.25) is 5.91 Å². The van der Waals surface area contributed by atoms with E-state index in [9.17, 15) is 9.59 Å². The summed E-state index contributed by atoms with van der Waals surface area (Å²) in [6, 6.07) is -0.762. The lowest BCUT2D eigenvalue weighted by molar-refractivity contribution is -0.143. The predicted molar refractivity (Wildman–Crippen MR) is 73.8 cm³/mol. The Balaban J connectivity index is 2.33. The van der Waals surface area contributed by atoms with Crippen molar-refractivity contribution in [1.82, 2.24) is 10.6 Å². The van der Waals surface area contributed by atoms with Crippen LogP contribution in [0.1, 0.15) is 46.0 Å². The maximum Gasteiger partial charge on any atom is 0.326 e. The lowest BCUT2D eigenvalue weighted by atomic mass is 9.94. The van der Waals surface area contributed by atoms with E-state index in [2.05, 4.69) is 10.6 Å². The second kappa shape index (κ2) is 8.15. The first-order chi connectivity index (χ1) is 9.04. The molecule has 5 nitrogen and oxygen atoms in total. The summed E-state index contributed by atoms with van der Waals surface area (Å²) in [4.78, 5) is 22.9. The zero-order chi connectivity index (χ0) is 14.3. The van der Waals surface area contributed by atoms with Crippen LogP contribution in [0.15, 0.2) is 0 Å². The number of carboxylic acid groups (broad SMARTS) is 1. The van der Waals surface area contributed by atoms with Crippen LogP contribution in [0.2, 0.25) is 0 Å². The average Bonchev–Trinajstić information content (AvgIpc) is 2.42. The van der Waals surface area contributed by atoms with E-state index in [0.29, 0.717) is 12.3 Å². The zero-order valence-electron chi connectivity index (χ0n) is 11.9. The topological polar surface area (TPSA) is 78.4 Å². The molecule has 3 atom stereocenters. The zero-order valence-corrected chi connectivity index (χ0v) is 11.9. The third-order valence-corrected chi connectivity index (χ3v) is 3.97. The van der Waals surface area contributed by atoms with Crippen molar-refractivity contribution in [1.29, 1.82) is 0 Å². The number of hydrogen-bond donors (Lipinski definition) is 3. The first-order valence-corrected chi connectivity index (χ1v) is 7.27. The van der Waals surface area contributed by atoms with E-state index < -0.39 is 12.0 Å². The van der Waals surface area contributed by atoms with E-state index >= 15 is 0 Å². The minimum absolute atomic E-state index is 0.0437. The molecular formula is C14H26N2O3. The van der Waals surface area contributed by atoms with Gasteiger partial charge in [0.25, 0.3) is 0 Å². The molecule has 3 N–H and O–H groups in total. The van der Waals surface area contributed by atoms with Crippen molar-refractivity contribution in [2.75, 3.05) is 13.1 Å². The van der Waals surface area contributed by atoms with Crippen LogP contribution < -0.4 is 10.6 Å². The Morgan fingerprint density at radius 2 is 2.21 bits per heavy atom. The van der Waals surface area contributed by atoms with Gasteiger partial charge in [0.15, 0.2) is 0 Å². The van der Waals surface area contributed by atoms with Crippen LogP contribution >= 0.6 is 0 Å². The number of amides is 1. The fourth-order valence-corrected chi connectivity index (χ4v) is 2.43. The summed E-state index contributed by atoms with van der Waals surface area (Å²) in [6.07, 6.45) is 4.33. The van der Waals surface area contributed by atoms with Crippen LogP contribution in [-0.4, -0.2) is 36.1 Å². The van der Waals surface area contributed by atoms with Crippen LogP contribution in [0.5, 0.6) is 0 Å². The Morgan fingerprint density at radius 3 is 2.74 bits per heavy atom. The maximum absolute atomic E-state index is 11.8. The summed E-state index contributed by atoms with van der Waals surface area (Å²) in [6.45, 7) is 5.82. The Bertz CT molecular complexity index is 301. The lowest BCUT2D eigenvalue weighted by Crippen LogP contribution is -2.45. The molecule has 0 radical (unpaired) electrons. The highest BCUT2D eigenvalue weighted by Crippen LogP contribution is 2.16. The second-order valence-corrected chi connectivity index (χ2v) is 5.52. The van der Waals surface area contributed by atoms with E-state index in [0.717, 1.165) is 38.8 Å². The van der Waals surface area contributed by atoms with Crippen molar-refractivity contribution >= 4 is 11.9 Å². The molecular weight excluding hydrogens is 244 g/mol. The van der Waals surface area contributed by atoms with Gasteiger partial charge in [-0.1, -0.05) is 20.3 Å². The molecule has 1 aliphatic heterocycles. The van der Waals surface area contributed by atoms with Crippen LogP contribution in [0.3, 0.4) is 0 Å². The molecule has 1 heterocycles. The summed E-state index contributed by atoms with van der Waals surface area (Å²) in [7, 11) is 0. The van der Waals surface area contributed by atoms with E-state index in [1.807, 2.05) is 13.8 Å². The molecule has 19 heavy (non-hydrogen) atoms. The molecule has 2 unspecified atom stereocenters. The van der Waals surface area contributed by atoms with Gasteiger partial charge in [-0.05, 0) is 44.2 Å². The minimum atomic E-state index is -0.943. The normalized spacial score (nSPS) is 22.5. The highest BCUT2D eigenvalue weighted by atomic mass is 16.4. The largest absolute Gasteiger partial charge is 0.480 e. The van der Waals surface area contributed by atoms with E-state index in [1.54, 1.807) is 0 Å². The molecule has 0 aromatic heterocycles. The first kappa shape index (κ1) is 16.0. The van der Waals surface area contributed by atoms with Gasteiger partial charge < -0.3 is 15.7 Å². The van der Waals surface area contributed by atoms with Crippen molar-refractivity contribution in [3.05, 3.63) is 0 Å². The van der Waals surface area contributed by atoms with Gasteiger partial charge in [-0.3, -0.25) is 4.79 Å². The maximum atomic E-state index is 11.8. The molecule has 1 saturated heterocycles. The predicted octanol–water partition coefficient (Wildman–Crippen LogP) is 1.38. The molecule has 0 aromatic carbocycles. The summed E-state index contributed by atoms with van der Waals surface area (Å²) in [5, 5.41) is 15.1. The monoisotopic (exact) mass is 270 g/mol. The molecule has 1 amide bonds. The fourth-order valence-electron chi connectivity index (χ4n) is 2.43. The smallest absolute Gasteiger partial charge is 0.326 e. The highest BCUT2D eigenvalue weighted by Gasteiger charge is 2.25. The number of hydrogen-bond acceptors (Lipinski definition) is 3. The van der Waals surface area contributed by atoms with Crippen molar-refractivity contribution in [2.45, 2.75) is 52.0 Å². The van der Waals surface area contributed by atoms with Crippen molar-refractivity contribution in [3.63, 3.8) is 0 Å². The molecule has 0 aliphatic carbocycles. The van der Waals surface area contributed by atoms with Gasteiger partial charge >= 0.3 is 5.97 Å². The van der Waals surface area contributed by atoms with Gasteiger partial charge in [-0.2, -0.15) is 0 Å². The Morgan fingerprint density at radius 1 is 1.47 bits per heavy atom. The quantitative estimate of drug-likeness (QED) is 0.653. The fraction of sp³-hybridized carbons (Fsp3) is 0.857. The number of carbonyl (C=O) groups is 2. The third-order valence-electron chi connectivity index (χ3n) is 3.97. The summed E-state index contributed by atoms with van der Waals surface area (Å²) in [5.74, 6) is -0.579. The van der Waals surface area contributed by atoms with Gasteiger partial charge in [0, 0.05) is 6.42 Å². The molecule has 1 fully saturated rings. The molecule has 0 bridgehead atoms. The van der Waals surface area contributed by atoms with Gasteiger partial charge in [0.1, 0.15) is 6.04 Å². The SMILES string of the molecule is CCC(C)[C@H](NC(=O)CCC1CCCNC1)C(=O)O. The Kier molecular flexibility index (Phi) is 6.84. The van der Waals surface area contributed by atoms with E-state index in [1.165, 1.54) is 0 Å². The first-order valence-electron chi connectivity index (χ1n) is 7.27. The molecule has 5 heteroatoms. The summed E-state index contributed by atoms with van der Waals surface area (Å²) >= 11 is 0. The number of rotatable bonds is 7. The minimum Gasteiger partial charge on any atom is -0.480 e. The number of carboxylic acids is 1. The van der Waals surface area contributed by atoms with Crippen LogP contribution in [-0.2, 0) is 9.59 Å². The number of carbonyl (C=O) groups excluding carboxylic acids is 1. The van der Waals surface area contributed by atoms with Crippen LogP contribution in [0, 0.1) is 11.8 Å². The molecule has 0 saturated carbocycles. The van der Waals surface area contributed by atoms with Crippen LogP contribution in [0.4, 0.5) is 0 Å². The highest BCUT2D eigenvalue weighted by molar-refractivity contribution is 5.83. The second-order valence-electron chi connectivity index (χ2n) is 5.52. The molecule has 1 aliphatic rings. The van der Waals surface area contributed by atoms with E-state index in [4.69, 9.17) is 5.11 Å². The Hall–Kier alpha value is -1.10. The number of aliphatic carboxylic acids is 1. The lowest BCUT2D eigenvalue weighted by Gasteiger charge is -2.23. The van der Waals surface area contributed by atoms with Gasteiger partial charge in [-0.25, -0.2) is 4.79 Å². The third kappa shape index (κ3) is 5.59. The summed E-state index contributed by atoms with van der Waals surface area (Å²) in [5.41, 5.74) is 0. The van der Waals surface area contributed by atoms with Crippen LogP contribution in [0.25, 0.3) is 0 Å². The molecule has 0 spiro atoms. The van der Waals surface area contributed by atoms with Crippen molar-refractivity contribution in [2.24, 2.45) is 11.8 Å². The van der Waals surface area contributed by atoms with Crippen molar-refractivity contribution < 1.29 is 14.7 Å². The number of nitrogens with one attached hydrogen (secondary N) is 2.